The van der Waals surface area contributed by atoms with Crippen molar-refractivity contribution in [3.63, 3.8) is 0 Å². The van der Waals surface area contributed by atoms with Crippen LogP contribution < -0.4 is 5.32 Å². The number of benzene rings is 1. The number of nitrogens with one attached hydrogen (secondary N) is 1. The number of carbonyl (C=O) groups is 1. The Kier molecular flexibility index (Phi) is 6.29. The Hall–Kier alpha value is -1.62. The summed E-state index contributed by atoms with van der Waals surface area (Å²) in [5.41, 5.74) is 1.50. The maximum absolute atomic E-state index is 12.2. The molecule has 1 aliphatic heterocycles. The average Bonchev–Trinajstić information content (AvgIpc) is 2.88. The van der Waals surface area contributed by atoms with Crippen molar-refractivity contribution in [2.75, 3.05) is 13.2 Å². The fourth-order valence-corrected chi connectivity index (χ4v) is 3.42. The number of amides is 1. The van der Waals surface area contributed by atoms with E-state index >= 15 is 0 Å². The van der Waals surface area contributed by atoms with Gasteiger partial charge in [0.15, 0.2) is 0 Å². The molecular weight excluding hydrogens is 359 g/mol. The molecule has 0 unspecified atom stereocenters. The predicted octanol–water partition coefficient (Wildman–Crippen LogP) is 4.47. The van der Waals surface area contributed by atoms with Crippen LogP contribution in [0.25, 0.3) is 0 Å². The smallest absolute Gasteiger partial charge is 0.269 e. The Labute approximate surface area is 157 Å². The summed E-state index contributed by atoms with van der Waals surface area (Å²) in [6, 6.07) is 11.0. The topological polar surface area (TPSA) is 51.2 Å². The number of hydrogen-bond acceptors (Lipinski definition) is 3. The summed E-state index contributed by atoms with van der Waals surface area (Å²) in [4.78, 5) is 16.3. The summed E-state index contributed by atoms with van der Waals surface area (Å²) < 4.78 is 6.02. The first-order chi connectivity index (χ1) is 12.1. The van der Waals surface area contributed by atoms with Crippen molar-refractivity contribution < 1.29 is 9.53 Å². The zero-order valence-corrected chi connectivity index (χ0v) is 15.3. The fourth-order valence-electron chi connectivity index (χ4n) is 3.11. The summed E-state index contributed by atoms with van der Waals surface area (Å²) >= 11 is 12.2. The maximum atomic E-state index is 12.2. The molecule has 0 aliphatic carbocycles. The van der Waals surface area contributed by atoms with E-state index in [1.54, 1.807) is 24.4 Å². The predicted molar refractivity (Wildman–Crippen MR) is 99.4 cm³/mol. The quantitative estimate of drug-likeness (QED) is 0.853. The minimum Gasteiger partial charge on any atom is -0.376 e. The van der Waals surface area contributed by atoms with Gasteiger partial charge in [-0.25, -0.2) is 0 Å². The highest BCUT2D eigenvalue weighted by atomic mass is 35.5. The first-order valence-electron chi connectivity index (χ1n) is 8.41. The van der Waals surface area contributed by atoms with Gasteiger partial charge in [-0.2, -0.15) is 0 Å². The summed E-state index contributed by atoms with van der Waals surface area (Å²) in [6.07, 6.45) is 4.59. The van der Waals surface area contributed by atoms with E-state index in [0.717, 1.165) is 24.8 Å². The number of carbonyl (C=O) groups excluding carboxylic acids is 1. The molecule has 1 aromatic carbocycles. The van der Waals surface area contributed by atoms with Crippen LogP contribution in [-0.2, 0) is 4.74 Å². The molecule has 25 heavy (non-hydrogen) atoms. The van der Waals surface area contributed by atoms with Gasteiger partial charge < -0.3 is 10.1 Å². The zero-order chi connectivity index (χ0) is 17.6. The van der Waals surface area contributed by atoms with Crippen LogP contribution in [0.4, 0.5) is 0 Å². The number of nitrogens with zero attached hydrogens (tertiary/aromatic N) is 1. The van der Waals surface area contributed by atoms with Gasteiger partial charge in [-0.3, -0.25) is 9.78 Å². The van der Waals surface area contributed by atoms with Crippen molar-refractivity contribution in [1.29, 1.82) is 0 Å². The van der Waals surface area contributed by atoms with Crippen LogP contribution in [0.2, 0.25) is 10.0 Å². The van der Waals surface area contributed by atoms with Crippen LogP contribution in [-0.4, -0.2) is 30.1 Å². The largest absolute Gasteiger partial charge is 0.376 e. The minimum atomic E-state index is -0.193. The molecule has 2 aromatic rings. The van der Waals surface area contributed by atoms with Crippen LogP contribution in [0.5, 0.6) is 0 Å². The van der Waals surface area contributed by atoms with Gasteiger partial charge in [0.2, 0.25) is 0 Å². The van der Waals surface area contributed by atoms with Gasteiger partial charge in [-0.1, -0.05) is 41.8 Å². The monoisotopic (exact) mass is 378 g/mol. The van der Waals surface area contributed by atoms with Crippen LogP contribution in [0.1, 0.15) is 41.2 Å². The van der Waals surface area contributed by atoms with E-state index in [0.29, 0.717) is 28.9 Å². The van der Waals surface area contributed by atoms with E-state index in [9.17, 15) is 4.79 Å². The molecule has 2 heterocycles. The lowest BCUT2D eigenvalue weighted by atomic mass is 9.89. The highest BCUT2D eigenvalue weighted by Gasteiger charge is 2.27. The lowest BCUT2D eigenvalue weighted by Crippen LogP contribution is -2.37. The SMILES string of the molecule is O=C(NC[C@H]1OCCCC[C@H]1c1ccc(Cl)c(Cl)c1)c1ccccn1. The summed E-state index contributed by atoms with van der Waals surface area (Å²) in [6.45, 7) is 1.13. The normalized spacial score (nSPS) is 20.7. The Morgan fingerprint density at radius 1 is 1.20 bits per heavy atom. The molecule has 4 nitrogen and oxygen atoms in total. The van der Waals surface area contributed by atoms with Gasteiger partial charge in [0, 0.05) is 25.3 Å². The van der Waals surface area contributed by atoms with E-state index in [1.807, 2.05) is 18.2 Å². The minimum absolute atomic E-state index is 0.104. The van der Waals surface area contributed by atoms with E-state index < -0.39 is 0 Å². The van der Waals surface area contributed by atoms with Crippen molar-refractivity contribution >= 4 is 29.1 Å². The molecule has 0 saturated carbocycles. The molecule has 1 fully saturated rings. The van der Waals surface area contributed by atoms with Crippen LogP contribution in [0.15, 0.2) is 42.6 Å². The number of halogens is 2. The zero-order valence-electron chi connectivity index (χ0n) is 13.8. The van der Waals surface area contributed by atoms with Gasteiger partial charge in [-0.15, -0.1) is 0 Å². The van der Waals surface area contributed by atoms with Gasteiger partial charge in [-0.05, 0) is 42.7 Å². The van der Waals surface area contributed by atoms with Crippen molar-refractivity contribution in [2.45, 2.75) is 31.3 Å². The standard InChI is InChI=1S/C19H20Cl2N2O2/c20-15-8-7-13(11-16(15)21)14-5-2-4-10-25-18(14)12-23-19(24)17-6-1-3-9-22-17/h1,3,6-9,11,14,18H,2,4-5,10,12H2,(H,23,24)/t14-,18+/m0/s1. The molecule has 0 bridgehead atoms. The van der Waals surface area contributed by atoms with E-state index in [1.165, 1.54) is 0 Å². The van der Waals surface area contributed by atoms with Crippen molar-refractivity contribution in [3.05, 3.63) is 63.9 Å². The molecule has 1 amide bonds. The van der Waals surface area contributed by atoms with Gasteiger partial charge >= 0.3 is 0 Å². The van der Waals surface area contributed by atoms with Crippen molar-refractivity contribution in [3.8, 4) is 0 Å². The number of rotatable bonds is 4. The Morgan fingerprint density at radius 2 is 2.08 bits per heavy atom. The van der Waals surface area contributed by atoms with Crippen molar-refractivity contribution in [1.82, 2.24) is 10.3 Å². The number of hydrogen-bond donors (Lipinski definition) is 1. The number of aromatic nitrogens is 1. The Morgan fingerprint density at radius 3 is 2.84 bits per heavy atom. The Bertz CT molecular complexity index is 725. The molecule has 1 aromatic heterocycles. The van der Waals surface area contributed by atoms with Crippen LogP contribution in [0, 0.1) is 0 Å². The molecule has 1 saturated heterocycles. The summed E-state index contributed by atoms with van der Waals surface area (Å²) in [7, 11) is 0. The summed E-state index contributed by atoms with van der Waals surface area (Å²) in [5, 5.41) is 4.02. The second-order valence-electron chi connectivity index (χ2n) is 6.11. The third-order valence-corrected chi connectivity index (χ3v) is 5.16. The van der Waals surface area contributed by atoms with E-state index in [2.05, 4.69) is 10.3 Å². The number of ether oxygens (including phenoxy) is 1. The second kappa shape index (κ2) is 8.65. The van der Waals surface area contributed by atoms with Gasteiger partial charge in [0.25, 0.3) is 5.91 Å². The lowest BCUT2D eigenvalue weighted by Gasteiger charge is -2.26. The first kappa shape index (κ1) is 18.2. The highest BCUT2D eigenvalue weighted by Crippen LogP contribution is 2.33. The lowest BCUT2D eigenvalue weighted by molar-refractivity contribution is 0.0444. The molecular formula is C19H20Cl2N2O2. The van der Waals surface area contributed by atoms with Crippen molar-refractivity contribution in [2.24, 2.45) is 0 Å². The molecule has 3 rings (SSSR count). The molecule has 0 spiro atoms. The fraction of sp³-hybridized carbons (Fsp3) is 0.368. The maximum Gasteiger partial charge on any atom is 0.269 e. The van der Waals surface area contributed by atoms with E-state index in [4.69, 9.17) is 27.9 Å². The van der Waals surface area contributed by atoms with Crippen LogP contribution >= 0.6 is 23.2 Å². The molecule has 2 atom stereocenters. The first-order valence-corrected chi connectivity index (χ1v) is 9.16. The van der Waals surface area contributed by atoms with Gasteiger partial charge in [0.05, 0.1) is 16.1 Å². The average molecular weight is 379 g/mol. The molecule has 1 N–H and O–H groups in total. The van der Waals surface area contributed by atoms with Gasteiger partial charge in [0.1, 0.15) is 5.69 Å². The third-order valence-electron chi connectivity index (χ3n) is 4.42. The third kappa shape index (κ3) is 4.72. The highest BCUT2D eigenvalue weighted by molar-refractivity contribution is 6.42. The summed E-state index contributed by atoms with van der Waals surface area (Å²) in [5.74, 6) is -0.0253. The number of pyridine rings is 1. The Balaban J connectivity index is 1.72. The second-order valence-corrected chi connectivity index (χ2v) is 6.92. The van der Waals surface area contributed by atoms with Crippen LogP contribution in [0.3, 0.4) is 0 Å². The molecule has 6 heteroatoms. The molecule has 0 radical (unpaired) electrons. The van der Waals surface area contributed by atoms with E-state index in [-0.39, 0.29) is 17.9 Å². The molecule has 132 valence electrons. The molecule has 1 aliphatic rings.